The molecular formula is C22H21ClIN3O2. The van der Waals surface area contributed by atoms with Crippen molar-refractivity contribution in [1.82, 2.24) is 9.99 Å². The predicted molar refractivity (Wildman–Crippen MR) is 125 cm³/mol. The molecule has 1 aromatic heterocycles. The second kappa shape index (κ2) is 9.45. The minimum atomic E-state index is -0.344. The maximum Gasteiger partial charge on any atom is 0.277 e. The van der Waals surface area contributed by atoms with Crippen molar-refractivity contribution >= 4 is 46.3 Å². The first-order valence-corrected chi connectivity index (χ1v) is 10.5. The molecule has 0 aliphatic heterocycles. The minimum absolute atomic E-state index is 0.140. The topological polar surface area (TPSA) is 55.6 Å². The van der Waals surface area contributed by atoms with E-state index in [9.17, 15) is 4.79 Å². The number of rotatable bonds is 6. The monoisotopic (exact) mass is 521 g/mol. The van der Waals surface area contributed by atoms with Crippen LogP contribution in [-0.4, -0.2) is 23.3 Å². The molecule has 5 nitrogen and oxygen atoms in total. The first kappa shape index (κ1) is 21.4. The molecule has 1 heterocycles. The first-order valence-electron chi connectivity index (χ1n) is 9.01. The van der Waals surface area contributed by atoms with Crippen LogP contribution in [0.15, 0.2) is 53.6 Å². The summed E-state index contributed by atoms with van der Waals surface area (Å²) in [4.78, 5) is 12.0. The number of halogens is 2. The molecule has 3 aromatic rings. The summed E-state index contributed by atoms with van der Waals surface area (Å²) in [5.74, 6) is 0.191. The Balaban J connectivity index is 1.65. The van der Waals surface area contributed by atoms with Crippen molar-refractivity contribution in [3.8, 4) is 11.4 Å². The molecule has 29 heavy (non-hydrogen) atoms. The van der Waals surface area contributed by atoms with Crippen LogP contribution in [0.1, 0.15) is 22.5 Å². The van der Waals surface area contributed by atoms with Crippen molar-refractivity contribution in [3.63, 3.8) is 0 Å². The van der Waals surface area contributed by atoms with Gasteiger partial charge in [0.15, 0.2) is 6.61 Å². The molecule has 0 unspecified atom stereocenters. The number of hydrogen-bond donors (Lipinski definition) is 1. The summed E-state index contributed by atoms with van der Waals surface area (Å²) in [6, 6.07) is 15.3. The van der Waals surface area contributed by atoms with E-state index < -0.39 is 0 Å². The lowest BCUT2D eigenvalue weighted by molar-refractivity contribution is -0.123. The molecule has 7 heteroatoms. The van der Waals surface area contributed by atoms with Gasteiger partial charge in [-0.15, -0.1) is 0 Å². The molecule has 0 aliphatic rings. The summed E-state index contributed by atoms with van der Waals surface area (Å²) in [5.41, 5.74) is 7.92. The smallest absolute Gasteiger partial charge is 0.277 e. The van der Waals surface area contributed by atoms with Gasteiger partial charge >= 0.3 is 0 Å². The first-order chi connectivity index (χ1) is 13.8. The Morgan fingerprint density at radius 1 is 1.21 bits per heavy atom. The largest absolute Gasteiger partial charge is 0.484 e. The van der Waals surface area contributed by atoms with Crippen LogP contribution in [0.3, 0.4) is 0 Å². The van der Waals surface area contributed by atoms with Crippen LogP contribution in [0.2, 0.25) is 5.02 Å². The second-order valence-electron chi connectivity index (χ2n) is 6.63. The van der Waals surface area contributed by atoms with E-state index in [2.05, 4.69) is 69.7 Å². The molecule has 2 aromatic carbocycles. The van der Waals surface area contributed by atoms with E-state index in [1.807, 2.05) is 13.0 Å². The summed E-state index contributed by atoms with van der Waals surface area (Å²) in [6.45, 7) is 6.04. The molecule has 1 N–H and O–H groups in total. The number of amides is 1. The number of aromatic nitrogens is 1. The van der Waals surface area contributed by atoms with E-state index in [-0.39, 0.29) is 12.5 Å². The number of carbonyl (C=O) groups is 1. The predicted octanol–water partition coefficient (Wildman–Crippen LogP) is 5.19. The van der Waals surface area contributed by atoms with Gasteiger partial charge in [-0.3, -0.25) is 4.79 Å². The maximum absolute atomic E-state index is 12.0. The van der Waals surface area contributed by atoms with Gasteiger partial charge in [-0.1, -0.05) is 17.7 Å². The highest BCUT2D eigenvalue weighted by molar-refractivity contribution is 14.1. The molecule has 0 fully saturated rings. The van der Waals surface area contributed by atoms with Gasteiger partial charge in [0.25, 0.3) is 5.91 Å². The number of benzene rings is 2. The normalized spacial score (nSPS) is 11.1. The number of nitrogens with one attached hydrogen (secondary N) is 1. The fraction of sp³-hybridized carbons (Fsp3) is 0.182. The Hall–Kier alpha value is -2.32. The Bertz CT molecular complexity index is 1080. The van der Waals surface area contributed by atoms with Crippen molar-refractivity contribution in [2.75, 3.05) is 6.61 Å². The van der Waals surface area contributed by atoms with Gasteiger partial charge in [0.1, 0.15) is 5.75 Å². The van der Waals surface area contributed by atoms with Crippen LogP contribution in [0, 0.1) is 24.3 Å². The van der Waals surface area contributed by atoms with E-state index in [0.717, 1.165) is 22.6 Å². The lowest BCUT2D eigenvalue weighted by Gasteiger charge is -2.11. The zero-order chi connectivity index (χ0) is 21.0. The number of hydrogen-bond acceptors (Lipinski definition) is 3. The lowest BCUT2D eigenvalue weighted by Crippen LogP contribution is -2.24. The van der Waals surface area contributed by atoms with Crippen LogP contribution in [0.25, 0.3) is 5.69 Å². The third-order valence-corrected chi connectivity index (χ3v) is 5.87. The number of nitrogens with zero attached hydrogens (tertiary/aromatic N) is 2. The standard InChI is InChI=1S/C22H21ClIN3O2/c1-14-9-19(7-8-21(14)24)27-15(2)10-17(16(27)3)12-25-26-22(28)13-29-20-6-4-5-18(23)11-20/h4-12H,13H2,1-3H3,(H,26,28)/b25-12+. The van der Waals surface area contributed by atoms with Crippen molar-refractivity contribution in [1.29, 1.82) is 0 Å². The van der Waals surface area contributed by atoms with Crippen LogP contribution < -0.4 is 10.2 Å². The van der Waals surface area contributed by atoms with Crippen molar-refractivity contribution < 1.29 is 9.53 Å². The van der Waals surface area contributed by atoms with Gasteiger partial charge in [0, 0.05) is 31.2 Å². The van der Waals surface area contributed by atoms with E-state index in [1.54, 1.807) is 30.5 Å². The Kier molecular flexibility index (Phi) is 6.97. The summed E-state index contributed by atoms with van der Waals surface area (Å²) in [7, 11) is 0. The third-order valence-electron chi connectivity index (χ3n) is 4.43. The quantitative estimate of drug-likeness (QED) is 0.276. The van der Waals surface area contributed by atoms with Gasteiger partial charge < -0.3 is 9.30 Å². The van der Waals surface area contributed by atoms with Crippen LogP contribution in [-0.2, 0) is 4.79 Å². The summed E-state index contributed by atoms with van der Waals surface area (Å²) in [6.07, 6.45) is 1.65. The van der Waals surface area contributed by atoms with Gasteiger partial charge in [-0.2, -0.15) is 5.10 Å². The molecule has 0 saturated heterocycles. The lowest BCUT2D eigenvalue weighted by atomic mass is 10.2. The van der Waals surface area contributed by atoms with Gasteiger partial charge in [-0.25, -0.2) is 5.43 Å². The van der Waals surface area contributed by atoms with Crippen LogP contribution in [0.4, 0.5) is 0 Å². The highest BCUT2D eigenvalue weighted by Crippen LogP contribution is 2.22. The zero-order valence-electron chi connectivity index (χ0n) is 16.4. The number of carbonyl (C=O) groups excluding carboxylic acids is 1. The zero-order valence-corrected chi connectivity index (χ0v) is 19.3. The molecule has 150 valence electrons. The van der Waals surface area contributed by atoms with Gasteiger partial charge in [0.2, 0.25) is 0 Å². The molecule has 0 atom stereocenters. The molecule has 0 saturated carbocycles. The van der Waals surface area contributed by atoms with E-state index >= 15 is 0 Å². The number of aryl methyl sites for hydroxylation is 2. The molecule has 0 bridgehead atoms. The third kappa shape index (κ3) is 5.39. The van der Waals surface area contributed by atoms with Crippen LogP contribution in [0.5, 0.6) is 5.75 Å². The van der Waals surface area contributed by atoms with Crippen molar-refractivity contribution in [3.05, 3.63) is 79.6 Å². The van der Waals surface area contributed by atoms with E-state index in [4.69, 9.17) is 16.3 Å². The molecule has 3 rings (SSSR count). The molecule has 0 spiro atoms. The fourth-order valence-corrected chi connectivity index (χ4v) is 3.51. The maximum atomic E-state index is 12.0. The highest BCUT2D eigenvalue weighted by atomic mass is 127. The second-order valence-corrected chi connectivity index (χ2v) is 8.23. The van der Waals surface area contributed by atoms with Gasteiger partial charge in [-0.05, 0) is 91.4 Å². The fourth-order valence-electron chi connectivity index (χ4n) is 3.00. The van der Waals surface area contributed by atoms with Crippen molar-refractivity contribution in [2.24, 2.45) is 5.10 Å². The molecule has 0 aliphatic carbocycles. The van der Waals surface area contributed by atoms with Gasteiger partial charge in [0.05, 0.1) is 6.21 Å². The number of hydrazone groups is 1. The summed E-state index contributed by atoms with van der Waals surface area (Å²) in [5, 5.41) is 4.62. The highest BCUT2D eigenvalue weighted by Gasteiger charge is 2.10. The summed E-state index contributed by atoms with van der Waals surface area (Å²) < 4.78 is 8.81. The molecule has 0 radical (unpaired) electrons. The Morgan fingerprint density at radius 2 is 2.00 bits per heavy atom. The average Bonchev–Trinajstić information content (AvgIpc) is 2.96. The number of ether oxygens (including phenoxy) is 1. The summed E-state index contributed by atoms with van der Waals surface area (Å²) >= 11 is 8.23. The van der Waals surface area contributed by atoms with Crippen LogP contribution >= 0.6 is 34.2 Å². The average molecular weight is 522 g/mol. The van der Waals surface area contributed by atoms with E-state index in [0.29, 0.717) is 10.8 Å². The Labute approximate surface area is 188 Å². The van der Waals surface area contributed by atoms with Crippen molar-refractivity contribution in [2.45, 2.75) is 20.8 Å². The molecule has 1 amide bonds. The minimum Gasteiger partial charge on any atom is -0.484 e. The Morgan fingerprint density at radius 3 is 2.72 bits per heavy atom. The SMILES string of the molecule is Cc1cc(-n2c(C)cc(/C=N/NC(=O)COc3cccc(Cl)c3)c2C)ccc1I. The molecular weight excluding hydrogens is 501 g/mol. The van der Waals surface area contributed by atoms with E-state index in [1.165, 1.54) is 9.13 Å².